The highest BCUT2D eigenvalue weighted by molar-refractivity contribution is 7.80. The zero-order valence-electron chi connectivity index (χ0n) is 10.7. The Morgan fingerprint density at radius 3 is 2.48 bits per heavy atom. The van der Waals surface area contributed by atoms with Crippen molar-refractivity contribution in [3.05, 3.63) is 53.3 Å². The average molecular weight is 298 g/mol. The van der Waals surface area contributed by atoms with Gasteiger partial charge in [-0.05, 0) is 24.3 Å². The largest absolute Gasteiger partial charge is 0.478 e. The number of carboxylic acids is 1. The van der Waals surface area contributed by atoms with Gasteiger partial charge in [-0.25, -0.2) is 4.79 Å². The second-order valence-corrected chi connectivity index (χ2v) is 4.56. The maximum absolute atomic E-state index is 10.8. The van der Waals surface area contributed by atoms with Crippen LogP contribution in [0.4, 0.5) is 0 Å². The minimum Gasteiger partial charge on any atom is -0.478 e. The van der Waals surface area contributed by atoms with Gasteiger partial charge in [0.2, 0.25) is 0 Å². The fraction of sp³-hybridized carbons (Fsp3) is 0. The maximum Gasteiger partial charge on any atom is 0.335 e. The molecule has 0 amide bonds. The molecule has 0 atom stereocenters. The van der Waals surface area contributed by atoms with Crippen LogP contribution in [-0.4, -0.2) is 16.1 Å². The molecule has 104 valence electrons. The Hall–Kier alpha value is -2.91. The van der Waals surface area contributed by atoms with Gasteiger partial charge < -0.3 is 15.3 Å². The maximum atomic E-state index is 10.8. The summed E-state index contributed by atoms with van der Waals surface area (Å²) >= 11 is 4.74. The molecule has 2 aromatic rings. The third kappa shape index (κ3) is 3.35. The van der Waals surface area contributed by atoms with Crippen LogP contribution in [0.2, 0.25) is 0 Å². The Bertz CT molecular complexity index is 767. The lowest BCUT2D eigenvalue weighted by molar-refractivity contribution is 0.0697. The van der Waals surface area contributed by atoms with Gasteiger partial charge >= 0.3 is 5.97 Å². The lowest BCUT2D eigenvalue weighted by atomic mass is 10.1. The second kappa shape index (κ2) is 6.03. The number of carboxylic acid groups (broad SMARTS) is 1. The molecule has 5 nitrogen and oxygen atoms in total. The molecule has 0 saturated carbocycles. The number of rotatable bonds is 4. The Kier molecular flexibility index (Phi) is 4.16. The molecule has 0 fully saturated rings. The second-order valence-electron chi connectivity index (χ2n) is 4.12. The van der Waals surface area contributed by atoms with Gasteiger partial charge in [-0.1, -0.05) is 24.4 Å². The Morgan fingerprint density at radius 2 is 1.95 bits per heavy atom. The number of hydrogen-bond donors (Lipinski definition) is 2. The number of nitrogens with two attached hydrogens (primary N) is 1. The molecule has 2 rings (SSSR count). The van der Waals surface area contributed by atoms with Crippen molar-refractivity contribution < 1.29 is 14.3 Å². The Balaban J connectivity index is 2.30. The molecule has 6 heteroatoms. The summed E-state index contributed by atoms with van der Waals surface area (Å²) in [5.74, 6) is 0.00909. The van der Waals surface area contributed by atoms with Crippen LogP contribution in [0.25, 0.3) is 17.4 Å². The first-order chi connectivity index (χ1) is 10.0. The fourth-order valence-corrected chi connectivity index (χ4v) is 1.77. The smallest absolute Gasteiger partial charge is 0.335 e. The molecule has 0 aliphatic rings. The number of benzene rings is 1. The molecule has 1 aromatic carbocycles. The fourth-order valence-electron chi connectivity index (χ4n) is 1.66. The van der Waals surface area contributed by atoms with Crippen LogP contribution in [0.5, 0.6) is 0 Å². The number of hydrogen-bond acceptors (Lipinski definition) is 4. The van der Waals surface area contributed by atoms with Crippen molar-refractivity contribution in [2.24, 2.45) is 5.73 Å². The molecule has 0 radical (unpaired) electrons. The zero-order chi connectivity index (χ0) is 15.4. The lowest BCUT2D eigenvalue weighted by Crippen LogP contribution is -2.09. The summed E-state index contributed by atoms with van der Waals surface area (Å²) in [7, 11) is 0. The van der Waals surface area contributed by atoms with Crippen LogP contribution in [-0.2, 0) is 0 Å². The highest BCUT2D eigenvalue weighted by Crippen LogP contribution is 2.23. The zero-order valence-corrected chi connectivity index (χ0v) is 11.6. The summed E-state index contributed by atoms with van der Waals surface area (Å²) in [6.07, 6.45) is 1.46. The van der Waals surface area contributed by atoms with Gasteiger partial charge in [0.25, 0.3) is 0 Å². The molecule has 0 spiro atoms. The van der Waals surface area contributed by atoms with E-state index >= 15 is 0 Å². The van der Waals surface area contributed by atoms with Crippen molar-refractivity contribution in [1.29, 1.82) is 5.26 Å². The summed E-state index contributed by atoms with van der Waals surface area (Å²) in [5.41, 5.74) is 6.49. The van der Waals surface area contributed by atoms with Crippen LogP contribution in [0.15, 0.2) is 46.4 Å². The molecule has 0 saturated heterocycles. The third-order valence-corrected chi connectivity index (χ3v) is 2.94. The van der Waals surface area contributed by atoms with Crippen LogP contribution in [0.3, 0.4) is 0 Å². The van der Waals surface area contributed by atoms with E-state index < -0.39 is 5.97 Å². The molecule has 0 bridgehead atoms. The van der Waals surface area contributed by atoms with E-state index in [1.54, 1.807) is 24.3 Å². The predicted octanol–water partition coefficient (Wildman–Crippen LogP) is 2.84. The van der Waals surface area contributed by atoms with Gasteiger partial charge in [-0.3, -0.25) is 0 Å². The molecular formula is C15H10N2O3S. The Labute approximate surface area is 125 Å². The van der Waals surface area contributed by atoms with Crippen molar-refractivity contribution in [2.75, 3.05) is 0 Å². The average Bonchev–Trinajstić information content (AvgIpc) is 2.93. The molecule has 0 unspecified atom stereocenters. The van der Waals surface area contributed by atoms with Gasteiger partial charge in [-0.2, -0.15) is 5.26 Å². The summed E-state index contributed by atoms with van der Waals surface area (Å²) in [4.78, 5) is 10.8. The Morgan fingerprint density at radius 1 is 1.29 bits per heavy atom. The molecule has 3 N–H and O–H groups in total. The summed E-state index contributed by atoms with van der Waals surface area (Å²) in [6.45, 7) is 0. The van der Waals surface area contributed by atoms with Crippen molar-refractivity contribution in [3.8, 4) is 17.4 Å². The lowest BCUT2D eigenvalue weighted by Gasteiger charge is -1.98. The van der Waals surface area contributed by atoms with Crippen LogP contribution in [0.1, 0.15) is 16.1 Å². The number of furan rings is 1. The van der Waals surface area contributed by atoms with Crippen LogP contribution in [0, 0.1) is 11.3 Å². The normalized spacial score (nSPS) is 10.9. The van der Waals surface area contributed by atoms with Gasteiger partial charge in [0.1, 0.15) is 22.6 Å². The van der Waals surface area contributed by atoms with E-state index in [9.17, 15) is 4.79 Å². The quantitative estimate of drug-likeness (QED) is 0.511. The molecule has 0 aliphatic carbocycles. The van der Waals surface area contributed by atoms with Crippen molar-refractivity contribution in [2.45, 2.75) is 0 Å². The van der Waals surface area contributed by atoms with E-state index in [0.29, 0.717) is 11.5 Å². The molecule has 0 aliphatic heterocycles. The van der Waals surface area contributed by atoms with E-state index in [2.05, 4.69) is 0 Å². The first-order valence-corrected chi connectivity index (χ1v) is 6.27. The van der Waals surface area contributed by atoms with E-state index in [1.807, 2.05) is 6.07 Å². The van der Waals surface area contributed by atoms with Crippen molar-refractivity contribution in [1.82, 2.24) is 0 Å². The van der Waals surface area contributed by atoms with Crippen molar-refractivity contribution >= 4 is 29.3 Å². The highest BCUT2D eigenvalue weighted by Gasteiger charge is 2.07. The van der Waals surface area contributed by atoms with Gasteiger partial charge in [0.15, 0.2) is 0 Å². The molecule has 1 aromatic heterocycles. The topological polar surface area (TPSA) is 100 Å². The predicted molar refractivity (Wildman–Crippen MR) is 81.5 cm³/mol. The minimum absolute atomic E-state index is 0.00117. The number of nitriles is 1. The number of nitrogens with zero attached hydrogens (tertiary/aromatic N) is 1. The molecular weight excluding hydrogens is 288 g/mol. The monoisotopic (exact) mass is 298 g/mol. The van der Waals surface area contributed by atoms with Gasteiger partial charge in [-0.15, -0.1) is 0 Å². The standard InChI is InChI=1S/C15H10N2O3S/c16-8-11(14(17)21)7-12-5-6-13(20-12)9-1-3-10(4-2-9)15(18)19/h1-7H,(H2,17,21)(H,18,19). The number of thiocarbonyl (C=S) groups is 1. The SMILES string of the molecule is N#CC(=Cc1ccc(-c2ccc(C(=O)O)cc2)o1)C(N)=S. The first kappa shape index (κ1) is 14.5. The summed E-state index contributed by atoms with van der Waals surface area (Å²) in [6, 6.07) is 11.6. The van der Waals surface area contributed by atoms with E-state index in [4.69, 9.17) is 32.7 Å². The van der Waals surface area contributed by atoms with E-state index in [-0.39, 0.29) is 16.1 Å². The summed E-state index contributed by atoms with van der Waals surface area (Å²) < 4.78 is 5.56. The third-order valence-electron chi connectivity index (χ3n) is 2.72. The molecule has 21 heavy (non-hydrogen) atoms. The number of aromatic carboxylic acids is 1. The summed E-state index contributed by atoms with van der Waals surface area (Å²) in [5, 5.41) is 17.7. The van der Waals surface area contributed by atoms with Crippen molar-refractivity contribution in [3.63, 3.8) is 0 Å². The van der Waals surface area contributed by atoms with Crippen LogP contribution >= 0.6 is 12.2 Å². The molecule has 1 heterocycles. The number of carbonyl (C=O) groups is 1. The van der Waals surface area contributed by atoms with E-state index in [0.717, 1.165) is 5.56 Å². The first-order valence-electron chi connectivity index (χ1n) is 5.86. The van der Waals surface area contributed by atoms with Crippen LogP contribution < -0.4 is 5.73 Å². The van der Waals surface area contributed by atoms with Gasteiger partial charge in [0.05, 0.1) is 11.1 Å². The minimum atomic E-state index is -0.986. The highest BCUT2D eigenvalue weighted by atomic mass is 32.1. The van der Waals surface area contributed by atoms with E-state index in [1.165, 1.54) is 18.2 Å². The van der Waals surface area contributed by atoms with Gasteiger partial charge in [0, 0.05) is 11.6 Å².